The second-order valence-electron chi connectivity index (χ2n) is 4.64. The summed E-state index contributed by atoms with van der Waals surface area (Å²) in [5, 5.41) is 11.2. The molecule has 0 aliphatic carbocycles. The van der Waals surface area contributed by atoms with Gasteiger partial charge in [0.05, 0.1) is 12.0 Å². The van der Waals surface area contributed by atoms with Crippen LogP contribution >= 0.6 is 0 Å². The van der Waals surface area contributed by atoms with Crippen molar-refractivity contribution >= 4 is 17.1 Å². The predicted molar refractivity (Wildman–Crippen MR) is 82.6 cm³/mol. The summed E-state index contributed by atoms with van der Waals surface area (Å²) in [6.07, 6.45) is 0. The molecule has 2 N–H and O–H groups in total. The number of benzene rings is 2. The Morgan fingerprint density at radius 1 is 1.24 bits per heavy atom. The molecule has 110 valence electrons. The quantitative estimate of drug-likeness (QED) is 0.519. The van der Waals surface area contributed by atoms with E-state index in [1.54, 1.807) is 31.2 Å². The van der Waals surface area contributed by atoms with Gasteiger partial charge in [-0.3, -0.25) is 10.1 Å². The molecule has 0 aromatic heterocycles. The second-order valence-corrected chi connectivity index (χ2v) is 4.64. The van der Waals surface area contributed by atoms with Crippen LogP contribution < -0.4 is 15.4 Å². The van der Waals surface area contributed by atoms with Gasteiger partial charge < -0.3 is 15.4 Å². The number of nitro groups is 1. The average molecular weight is 287 g/mol. The van der Waals surface area contributed by atoms with E-state index in [1.165, 1.54) is 6.07 Å². The van der Waals surface area contributed by atoms with Crippen molar-refractivity contribution in [1.82, 2.24) is 0 Å². The summed E-state index contributed by atoms with van der Waals surface area (Å²) in [5.74, 6) is 0.746. The number of nitro benzene ring substituents is 1. The molecular weight excluding hydrogens is 270 g/mol. The fraction of sp³-hybridized carbons (Fsp3) is 0.200. The van der Waals surface area contributed by atoms with Gasteiger partial charge in [0.1, 0.15) is 17.1 Å². The fourth-order valence-corrected chi connectivity index (χ4v) is 2.23. The standard InChI is InChI=1S/C15H17N3O3/c1-17(10-11-6-3-4-9-14(11)21-2)13-8-5-7-12(16)15(13)18(19)20/h3-9H,10,16H2,1-2H3. The van der Waals surface area contributed by atoms with E-state index in [0.717, 1.165) is 11.3 Å². The predicted octanol–water partition coefficient (Wildman–Crippen LogP) is 2.82. The zero-order chi connectivity index (χ0) is 15.4. The van der Waals surface area contributed by atoms with Crippen molar-refractivity contribution in [1.29, 1.82) is 0 Å². The molecule has 0 aliphatic heterocycles. The number of methoxy groups -OCH3 is 1. The molecule has 0 heterocycles. The van der Waals surface area contributed by atoms with Gasteiger partial charge in [0.15, 0.2) is 0 Å². The van der Waals surface area contributed by atoms with E-state index in [4.69, 9.17) is 10.5 Å². The van der Waals surface area contributed by atoms with Crippen molar-refractivity contribution in [2.45, 2.75) is 6.54 Å². The molecule has 0 radical (unpaired) electrons. The van der Waals surface area contributed by atoms with E-state index in [9.17, 15) is 10.1 Å². The summed E-state index contributed by atoms with van der Waals surface area (Å²) in [6, 6.07) is 12.5. The number of para-hydroxylation sites is 2. The number of nitrogen functional groups attached to an aromatic ring is 1. The molecule has 2 rings (SSSR count). The smallest absolute Gasteiger partial charge is 0.315 e. The summed E-state index contributed by atoms with van der Waals surface area (Å²) >= 11 is 0. The van der Waals surface area contributed by atoms with Crippen molar-refractivity contribution in [3.63, 3.8) is 0 Å². The molecule has 0 unspecified atom stereocenters. The van der Waals surface area contributed by atoms with Crippen LogP contribution in [0, 0.1) is 10.1 Å². The Bertz CT molecular complexity index is 658. The Balaban J connectivity index is 2.35. The van der Waals surface area contributed by atoms with Gasteiger partial charge in [0, 0.05) is 19.2 Å². The van der Waals surface area contributed by atoms with Crippen LogP contribution in [0.5, 0.6) is 5.75 Å². The number of nitrogens with zero attached hydrogens (tertiary/aromatic N) is 2. The number of hydrogen-bond acceptors (Lipinski definition) is 5. The minimum Gasteiger partial charge on any atom is -0.496 e. The van der Waals surface area contributed by atoms with E-state index < -0.39 is 4.92 Å². The molecule has 0 saturated carbocycles. The fourth-order valence-electron chi connectivity index (χ4n) is 2.23. The van der Waals surface area contributed by atoms with Gasteiger partial charge >= 0.3 is 5.69 Å². The molecule has 0 saturated heterocycles. The number of hydrogen-bond donors (Lipinski definition) is 1. The van der Waals surface area contributed by atoms with Gasteiger partial charge in [-0.15, -0.1) is 0 Å². The highest BCUT2D eigenvalue weighted by Gasteiger charge is 2.21. The lowest BCUT2D eigenvalue weighted by Gasteiger charge is -2.21. The number of rotatable bonds is 5. The Morgan fingerprint density at radius 2 is 1.95 bits per heavy atom. The molecule has 21 heavy (non-hydrogen) atoms. The van der Waals surface area contributed by atoms with Gasteiger partial charge in [-0.25, -0.2) is 0 Å². The van der Waals surface area contributed by atoms with Gasteiger partial charge in [-0.2, -0.15) is 0 Å². The van der Waals surface area contributed by atoms with E-state index >= 15 is 0 Å². The van der Waals surface area contributed by atoms with E-state index in [2.05, 4.69) is 0 Å². The average Bonchev–Trinajstić information content (AvgIpc) is 2.47. The summed E-state index contributed by atoms with van der Waals surface area (Å²) < 4.78 is 5.30. The zero-order valence-electron chi connectivity index (χ0n) is 11.9. The molecular formula is C15H17N3O3. The van der Waals surface area contributed by atoms with Crippen LogP contribution in [0.4, 0.5) is 17.1 Å². The Morgan fingerprint density at radius 3 is 2.62 bits per heavy atom. The maximum atomic E-state index is 11.2. The Kier molecular flexibility index (Phi) is 4.27. The van der Waals surface area contributed by atoms with Crippen LogP contribution in [-0.2, 0) is 6.54 Å². The van der Waals surface area contributed by atoms with Crippen molar-refractivity contribution in [2.75, 3.05) is 24.8 Å². The first kappa shape index (κ1) is 14.6. The van der Waals surface area contributed by atoms with Crippen LogP contribution in [0.3, 0.4) is 0 Å². The number of nitrogens with two attached hydrogens (primary N) is 1. The molecule has 6 nitrogen and oxygen atoms in total. The van der Waals surface area contributed by atoms with Crippen LogP contribution in [0.25, 0.3) is 0 Å². The molecule has 0 amide bonds. The SMILES string of the molecule is COc1ccccc1CN(C)c1cccc(N)c1[N+](=O)[O-]. The van der Waals surface area contributed by atoms with Gasteiger partial charge in [0.25, 0.3) is 0 Å². The molecule has 0 atom stereocenters. The summed E-state index contributed by atoms with van der Waals surface area (Å²) in [5.41, 5.74) is 7.22. The summed E-state index contributed by atoms with van der Waals surface area (Å²) in [7, 11) is 3.38. The molecule has 6 heteroatoms. The highest BCUT2D eigenvalue weighted by Crippen LogP contribution is 2.34. The van der Waals surface area contributed by atoms with Gasteiger partial charge in [0.2, 0.25) is 0 Å². The maximum absolute atomic E-state index is 11.2. The normalized spacial score (nSPS) is 10.2. The van der Waals surface area contributed by atoms with Crippen molar-refractivity contribution in [2.24, 2.45) is 0 Å². The molecule has 0 spiro atoms. The van der Waals surface area contributed by atoms with Crippen molar-refractivity contribution in [3.8, 4) is 5.75 Å². The lowest BCUT2D eigenvalue weighted by Crippen LogP contribution is -2.18. The molecule has 0 bridgehead atoms. The third-order valence-corrected chi connectivity index (χ3v) is 3.24. The summed E-state index contributed by atoms with van der Waals surface area (Å²) in [6.45, 7) is 0.480. The first-order valence-corrected chi connectivity index (χ1v) is 6.40. The van der Waals surface area contributed by atoms with Crippen molar-refractivity contribution < 1.29 is 9.66 Å². The Hall–Kier alpha value is -2.76. The third-order valence-electron chi connectivity index (χ3n) is 3.24. The monoisotopic (exact) mass is 287 g/mol. The molecule has 2 aromatic rings. The topological polar surface area (TPSA) is 81.6 Å². The maximum Gasteiger partial charge on any atom is 0.315 e. The zero-order valence-corrected chi connectivity index (χ0v) is 11.9. The van der Waals surface area contributed by atoms with Crippen LogP contribution in [0.2, 0.25) is 0 Å². The first-order valence-electron chi connectivity index (χ1n) is 6.40. The highest BCUT2D eigenvalue weighted by atomic mass is 16.6. The van der Waals surface area contributed by atoms with E-state index in [0.29, 0.717) is 12.2 Å². The minimum atomic E-state index is -0.455. The Labute approximate surface area is 122 Å². The van der Waals surface area contributed by atoms with Gasteiger partial charge in [-0.05, 0) is 18.2 Å². The van der Waals surface area contributed by atoms with E-state index in [-0.39, 0.29) is 11.4 Å². The minimum absolute atomic E-state index is 0.0742. The van der Waals surface area contributed by atoms with E-state index in [1.807, 2.05) is 24.3 Å². The number of ether oxygens (including phenoxy) is 1. The lowest BCUT2D eigenvalue weighted by molar-refractivity contribution is -0.383. The third kappa shape index (κ3) is 3.05. The molecule has 0 aliphatic rings. The highest BCUT2D eigenvalue weighted by molar-refractivity contribution is 5.75. The largest absolute Gasteiger partial charge is 0.496 e. The molecule has 0 fully saturated rings. The lowest BCUT2D eigenvalue weighted by atomic mass is 10.1. The second kappa shape index (κ2) is 6.13. The van der Waals surface area contributed by atoms with Crippen LogP contribution in [-0.4, -0.2) is 19.1 Å². The molecule has 2 aromatic carbocycles. The number of anilines is 2. The van der Waals surface area contributed by atoms with Gasteiger partial charge in [-0.1, -0.05) is 24.3 Å². The van der Waals surface area contributed by atoms with Crippen molar-refractivity contribution in [3.05, 3.63) is 58.1 Å². The first-order chi connectivity index (χ1) is 10.0. The van der Waals surface area contributed by atoms with Crippen LogP contribution in [0.1, 0.15) is 5.56 Å². The van der Waals surface area contributed by atoms with Crippen LogP contribution in [0.15, 0.2) is 42.5 Å². The summed E-state index contributed by atoms with van der Waals surface area (Å²) in [4.78, 5) is 12.5.